The highest BCUT2D eigenvalue weighted by Gasteiger charge is 2.61. The van der Waals surface area contributed by atoms with E-state index in [2.05, 4.69) is 10.3 Å². The van der Waals surface area contributed by atoms with Crippen molar-refractivity contribution in [2.24, 2.45) is 10.9 Å². The number of ether oxygens (including phenoxy) is 1. The number of hydrogen-bond donors (Lipinski definition) is 2. The number of thiazole rings is 1. The molecule has 1 aromatic heterocycles. The van der Waals surface area contributed by atoms with E-state index in [1.54, 1.807) is 42.5 Å². The Bertz CT molecular complexity index is 1460. The van der Waals surface area contributed by atoms with Gasteiger partial charge in [-0.3, -0.25) is 19.6 Å². The molecule has 2 unspecified atom stereocenters. The van der Waals surface area contributed by atoms with Gasteiger partial charge in [-0.2, -0.15) is 0 Å². The summed E-state index contributed by atoms with van der Waals surface area (Å²) >= 11 is 1.34. The normalized spacial score (nSPS) is 28.7. The minimum Gasteiger partial charge on any atom is -0.481 e. The molecule has 1 aromatic carbocycles. The van der Waals surface area contributed by atoms with Gasteiger partial charge in [-0.05, 0) is 56.2 Å². The van der Waals surface area contributed by atoms with Gasteiger partial charge in [-0.15, -0.1) is 11.3 Å². The third-order valence-electron chi connectivity index (χ3n) is 9.09. The number of carbonyl (C=O) groups is 2. The Morgan fingerprint density at radius 1 is 1.28 bits per heavy atom. The number of benzene rings is 1. The summed E-state index contributed by atoms with van der Waals surface area (Å²) in [6.45, 7) is 3.42. The van der Waals surface area contributed by atoms with E-state index < -0.39 is 48.3 Å². The van der Waals surface area contributed by atoms with Gasteiger partial charge in [0.05, 0.1) is 24.8 Å². The maximum absolute atomic E-state index is 15.7. The maximum atomic E-state index is 15.7. The largest absolute Gasteiger partial charge is 0.481 e. The summed E-state index contributed by atoms with van der Waals surface area (Å²) in [5.41, 5.74) is 1.35. The van der Waals surface area contributed by atoms with E-state index in [4.69, 9.17) is 14.8 Å². The Morgan fingerprint density at radius 3 is 2.77 bits per heavy atom. The van der Waals surface area contributed by atoms with Crippen molar-refractivity contribution < 1.29 is 32.6 Å². The van der Waals surface area contributed by atoms with Crippen LogP contribution in [-0.2, 0) is 14.3 Å². The number of likely N-dealkylation sites (tertiary alicyclic amines) is 2. The monoisotopic (exact) mass is 617 g/mol. The number of nitrogens with one attached hydrogen (secondary N) is 1. The molecule has 0 amide bonds. The second-order valence-electron chi connectivity index (χ2n) is 11.7. The lowest BCUT2D eigenvalue weighted by molar-refractivity contribution is -0.140. The van der Waals surface area contributed by atoms with E-state index in [0.29, 0.717) is 53.5 Å². The van der Waals surface area contributed by atoms with E-state index in [1.165, 1.54) is 17.4 Å². The number of alkyl halides is 2. The molecule has 3 fully saturated rings. The number of carboxylic acids is 1. The molecule has 6 rings (SSSR count). The molecule has 3 atom stereocenters. The van der Waals surface area contributed by atoms with Gasteiger partial charge in [-0.25, -0.2) is 22.9 Å². The molecular formula is C30H34F3N5O4S. The van der Waals surface area contributed by atoms with E-state index in [0.717, 1.165) is 0 Å². The molecule has 1 saturated carbocycles. The molecule has 230 valence electrons. The van der Waals surface area contributed by atoms with Crippen molar-refractivity contribution in [3.63, 3.8) is 0 Å². The van der Waals surface area contributed by atoms with Crippen molar-refractivity contribution in [1.29, 1.82) is 0 Å². The molecule has 1 aliphatic carbocycles. The zero-order chi connectivity index (χ0) is 30.5. The van der Waals surface area contributed by atoms with Crippen LogP contribution in [0.15, 0.2) is 46.0 Å². The predicted molar refractivity (Wildman–Crippen MR) is 154 cm³/mol. The molecular weight excluding hydrogens is 583 g/mol. The summed E-state index contributed by atoms with van der Waals surface area (Å²) < 4.78 is 51.6. The number of hydrogen-bond acceptors (Lipinski definition) is 9. The first-order valence-corrected chi connectivity index (χ1v) is 15.4. The van der Waals surface area contributed by atoms with Crippen LogP contribution in [0.25, 0.3) is 0 Å². The molecule has 43 heavy (non-hydrogen) atoms. The predicted octanol–water partition coefficient (Wildman–Crippen LogP) is 4.15. The fourth-order valence-corrected chi connectivity index (χ4v) is 7.71. The van der Waals surface area contributed by atoms with Crippen molar-refractivity contribution in [2.75, 3.05) is 26.2 Å². The van der Waals surface area contributed by atoms with Crippen LogP contribution in [0.1, 0.15) is 54.8 Å². The molecule has 0 radical (unpaired) electrons. The zero-order valence-electron chi connectivity index (χ0n) is 23.9. The van der Waals surface area contributed by atoms with Gasteiger partial charge in [0.25, 0.3) is 5.92 Å². The SMILES string of the molecule is CCOC(=O)C1=C(CN2CC(F)(F)C3C2CCN3C2CC(CC(=O)O)C2)NC(c2nccs2)=N[C@H]1c1cccc(F)c1C. The summed E-state index contributed by atoms with van der Waals surface area (Å²) in [6.07, 6.45) is 3.42. The average molecular weight is 618 g/mol. The molecule has 13 heteroatoms. The molecule has 0 spiro atoms. The van der Waals surface area contributed by atoms with Gasteiger partial charge in [0.15, 0.2) is 10.8 Å². The van der Waals surface area contributed by atoms with Crippen molar-refractivity contribution >= 4 is 29.1 Å². The number of amidine groups is 1. The Labute approximate surface area is 251 Å². The molecule has 0 bridgehead atoms. The highest BCUT2D eigenvalue weighted by atomic mass is 32.1. The van der Waals surface area contributed by atoms with Crippen LogP contribution < -0.4 is 5.32 Å². The van der Waals surface area contributed by atoms with Crippen LogP contribution in [-0.4, -0.2) is 88.0 Å². The number of halogens is 3. The van der Waals surface area contributed by atoms with Crippen molar-refractivity contribution in [3.05, 3.63) is 63.0 Å². The van der Waals surface area contributed by atoms with Crippen molar-refractivity contribution in [2.45, 2.75) is 69.6 Å². The highest BCUT2D eigenvalue weighted by molar-refractivity contribution is 7.11. The minimum absolute atomic E-state index is 0.0142. The lowest BCUT2D eigenvalue weighted by Crippen LogP contribution is -2.54. The Kier molecular flexibility index (Phi) is 8.07. The van der Waals surface area contributed by atoms with Crippen LogP contribution in [0.4, 0.5) is 13.2 Å². The van der Waals surface area contributed by atoms with Crippen LogP contribution >= 0.6 is 11.3 Å². The Hall–Kier alpha value is -3.29. The summed E-state index contributed by atoms with van der Waals surface area (Å²) in [5, 5.41) is 14.7. The van der Waals surface area contributed by atoms with Gasteiger partial charge >= 0.3 is 11.9 Å². The van der Waals surface area contributed by atoms with Crippen LogP contribution in [0.5, 0.6) is 0 Å². The first-order chi connectivity index (χ1) is 20.6. The number of esters is 1. The van der Waals surface area contributed by atoms with E-state index in [-0.39, 0.29) is 37.1 Å². The number of rotatable bonds is 9. The van der Waals surface area contributed by atoms with E-state index in [9.17, 15) is 14.0 Å². The van der Waals surface area contributed by atoms with Gasteiger partial charge < -0.3 is 15.2 Å². The number of fused-ring (bicyclic) bond motifs is 1. The third kappa shape index (κ3) is 5.58. The van der Waals surface area contributed by atoms with Gasteiger partial charge in [0.2, 0.25) is 0 Å². The van der Waals surface area contributed by atoms with Crippen LogP contribution in [0.2, 0.25) is 0 Å². The number of aromatic nitrogens is 1. The van der Waals surface area contributed by atoms with E-state index >= 15 is 8.78 Å². The molecule has 9 nitrogen and oxygen atoms in total. The summed E-state index contributed by atoms with van der Waals surface area (Å²) in [4.78, 5) is 37.3. The number of carbonyl (C=O) groups excluding carboxylic acids is 1. The van der Waals surface area contributed by atoms with Gasteiger partial charge in [0, 0.05) is 48.9 Å². The Morgan fingerprint density at radius 2 is 2.07 bits per heavy atom. The molecule has 4 heterocycles. The first-order valence-electron chi connectivity index (χ1n) is 14.6. The second-order valence-corrected chi connectivity index (χ2v) is 12.6. The van der Waals surface area contributed by atoms with E-state index in [1.807, 2.05) is 4.90 Å². The zero-order valence-corrected chi connectivity index (χ0v) is 24.7. The van der Waals surface area contributed by atoms with Crippen LogP contribution in [0.3, 0.4) is 0 Å². The molecule has 4 aliphatic rings. The number of aliphatic imine (C=N–C) groups is 1. The van der Waals surface area contributed by atoms with Gasteiger partial charge in [-0.1, -0.05) is 12.1 Å². The second kappa shape index (κ2) is 11.7. The van der Waals surface area contributed by atoms with Crippen LogP contribution in [0, 0.1) is 18.7 Å². The molecule has 2 saturated heterocycles. The lowest BCUT2D eigenvalue weighted by atomic mass is 9.77. The summed E-state index contributed by atoms with van der Waals surface area (Å²) in [5.74, 6) is -4.55. The maximum Gasteiger partial charge on any atom is 0.338 e. The lowest BCUT2D eigenvalue weighted by Gasteiger charge is -2.44. The molecule has 2 N–H and O–H groups in total. The molecule has 3 aliphatic heterocycles. The quantitative estimate of drug-likeness (QED) is 0.405. The average Bonchev–Trinajstić information content (AvgIpc) is 3.66. The summed E-state index contributed by atoms with van der Waals surface area (Å²) in [6, 6.07) is 2.17. The summed E-state index contributed by atoms with van der Waals surface area (Å²) in [7, 11) is 0. The number of nitrogens with zero attached hydrogens (tertiary/aromatic N) is 4. The number of aliphatic carboxylic acids is 1. The first kappa shape index (κ1) is 29.8. The third-order valence-corrected chi connectivity index (χ3v) is 9.87. The smallest absolute Gasteiger partial charge is 0.338 e. The van der Waals surface area contributed by atoms with Gasteiger partial charge in [0.1, 0.15) is 11.9 Å². The topological polar surface area (TPSA) is 107 Å². The minimum atomic E-state index is -3.00. The highest BCUT2D eigenvalue weighted by Crippen LogP contribution is 2.47. The fourth-order valence-electron chi connectivity index (χ4n) is 7.12. The van der Waals surface area contributed by atoms with Crippen molar-refractivity contribution in [1.82, 2.24) is 20.1 Å². The standard InChI is InChI=1S/C30H34F3N5O4S/c1-3-42-29(41)24-21(35-27(28-34-8-10-43-28)36-25(24)19-5-4-6-20(31)16(19)2)14-37-15-30(32,33)26-22(37)7-9-38(26)18-11-17(12-18)13-23(39)40/h4-6,8,10,17-18,22,25-26H,3,7,9,11-15H2,1-2H3,(H,35,36)(H,39,40)/t17?,18?,22?,25-,26?/m0/s1. The Balaban J connectivity index is 1.33. The number of carboxylic acid groups (broad SMARTS) is 1. The fraction of sp³-hybridized carbons (Fsp3) is 0.533. The van der Waals surface area contributed by atoms with Crippen molar-refractivity contribution in [3.8, 4) is 0 Å². The molecule has 2 aromatic rings.